The average Bonchev–Trinajstić information content (AvgIpc) is 3.74. The lowest BCUT2D eigenvalue weighted by molar-refractivity contribution is 0.0977. The first-order valence-electron chi connectivity index (χ1n) is 13.8. The number of aryl methyl sites for hydroxylation is 1. The van der Waals surface area contributed by atoms with E-state index in [2.05, 4.69) is 15.0 Å². The number of hydrogen-bond acceptors (Lipinski definition) is 6. The Morgan fingerprint density at radius 2 is 1.74 bits per heavy atom. The van der Waals surface area contributed by atoms with Gasteiger partial charge in [0.1, 0.15) is 11.4 Å². The second-order valence-electron chi connectivity index (χ2n) is 11.1. The molecule has 4 N–H and O–H groups in total. The minimum absolute atomic E-state index is 0.00903. The molecule has 6 aromatic rings. The number of nitrogens with zero attached hydrogens (tertiary/aromatic N) is 1. The van der Waals surface area contributed by atoms with Crippen molar-refractivity contribution in [2.24, 2.45) is 0 Å². The van der Waals surface area contributed by atoms with Crippen LogP contribution in [0, 0.1) is 6.92 Å². The van der Waals surface area contributed by atoms with Gasteiger partial charge in [0, 0.05) is 58.3 Å². The van der Waals surface area contributed by atoms with Gasteiger partial charge in [-0.1, -0.05) is 24.3 Å². The lowest BCUT2D eigenvalue weighted by Gasteiger charge is -2.17. The first kappa shape index (κ1) is 27.0. The van der Waals surface area contributed by atoms with Crippen molar-refractivity contribution in [2.45, 2.75) is 19.3 Å². The maximum atomic E-state index is 13.9. The van der Waals surface area contributed by atoms with Crippen LogP contribution in [0.4, 0.5) is 5.69 Å². The molecule has 1 unspecified atom stereocenters. The highest BCUT2D eigenvalue weighted by Gasteiger charge is 2.37. The summed E-state index contributed by atoms with van der Waals surface area (Å²) in [4.78, 5) is 37.9. The fourth-order valence-corrected chi connectivity index (χ4v) is 6.53. The summed E-state index contributed by atoms with van der Waals surface area (Å²) in [6.45, 7) is 1.92. The number of para-hydroxylation sites is 1. The maximum absolute atomic E-state index is 13.9. The van der Waals surface area contributed by atoms with E-state index in [0.29, 0.717) is 22.6 Å². The van der Waals surface area contributed by atoms with Gasteiger partial charge < -0.3 is 25.0 Å². The zero-order valence-corrected chi connectivity index (χ0v) is 24.2. The third-order valence-corrected chi connectivity index (χ3v) is 8.66. The predicted octanol–water partition coefficient (Wildman–Crippen LogP) is 5.29. The Balaban J connectivity index is 1.19. The van der Waals surface area contributed by atoms with Crippen molar-refractivity contribution in [1.82, 2.24) is 15.0 Å². The molecule has 0 saturated carbocycles. The number of carbonyl (C=O) groups is 2. The number of aromatic nitrogens is 3. The molecule has 0 saturated heterocycles. The van der Waals surface area contributed by atoms with Crippen LogP contribution in [-0.2, 0) is 20.7 Å². The number of H-pyrrole nitrogens is 3. The molecule has 1 atom stereocenters. The molecule has 0 spiro atoms. The number of rotatable bonds is 7. The van der Waals surface area contributed by atoms with Gasteiger partial charge in [-0.15, -0.1) is 0 Å². The highest BCUT2D eigenvalue weighted by Crippen LogP contribution is 2.46. The smallest absolute Gasteiger partial charge is 0.274 e. The van der Waals surface area contributed by atoms with Crippen LogP contribution >= 0.6 is 0 Å². The predicted molar refractivity (Wildman–Crippen MR) is 165 cm³/mol. The number of phenols is 1. The number of benzene rings is 3. The van der Waals surface area contributed by atoms with E-state index in [4.69, 9.17) is 4.18 Å². The number of amides is 1. The standard InChI is InChI=1S/C32H28N4O6S/c1-17-14-33-31-28(38)13-26-30(29(17)31)21(16-42-43(2,40)41)15-36(26)32(39)25-12-20-9-18(7-8-23(20)35-25)10-27(37)24-11-19-5-3-4-6-22(19)34-24/h3-9,11-14,21,33-35,38H,10,15-16H2,1-2H3. The number of ketones is 1. The van der Waals surface area contributed by atoms with Gasteiger partial charge in [0.25, 0.3) is 16.0 Å². The summed E-state index contributed by atoms with van der Waals surface area (Å²) in [7, 11) is -3.71. The Morgan fingerprint density at radius 3 is 2.53 bits per heavy atom. The maximum Gasteiger partial charge on any atom is 0.274 e. The summed E-state index contributed by atoms with van der Waals surface area (Å²) in [5.41, 5.74) is 5.97. The van der Waals surface area contributed by atoms with Crippen LogP contribution in [0.3, 0.4) is 0 Å². The summed E-state index contributed by atoms with van der Waals surface area (Å²) in [5.74, 6) is -0.810. The molecular weight excluding hydrogens is 568 g/mol. The highest BCUT2D eigenvalue weighted by atomic mass is 32.2. The number of Topliss-reactive ketones (excluding diaryl/α,β-unsaturated/α-hetero) is 1. The number of aromatic amines is 3. The Labute approximate surface area is 246 Å². The van der Waals surface area contributed by atoms with Gasteiger partial charge in [0.2, 0.25) is 0 Å². The molecule has 0 bridgehead atoms. The second-order valence-corrected chi connectivity index (χ2v) is 12.8. The molecule has 1 amide bonds. The van der Waals surface area contributed by atoms with E-state index >= 15 is 0 Å². The van der Waals surface area contributed by atoms with Crippen molar-refractivity contribution < 1.29 is 27.3 Å². The van der Waals surface area contributed by atoms with Crippen LogP contribution in [-0.4, -0.2) is 59.6 Å². The third kappa shape index (κ3) is 4.76. The molecule has 3 aromatic heterocycles. The van der Waals surface area contributed by atoms with Crippen molar-refractivity contribution >= 4 is 60.2 Å². The van der Waals surface area contributed by atoms with Gasteiger partial charge in [-0.25, -0.2) is 0 Å². The van der Waals surface area contributed by atoms with Crippen molar-refractivity contribution in [3.8, 4) is 5.75 Å². The lowest BCUT2D eigenvalue weighted by Crippen LogP contribution is -2.31. The van der Waals surface area contributed by atoms with E-state index in [1.165, 1.54) is 6.07 Å². The zero-order chi connectivity index (χ0) is 30.0. The zero-order valence-electron chi connectivity index (χ0n) is 23.4. The van der Waals surface area contributed by atoms with Crippen molar-refractivity contribution in [3.63, 3.8) is 0 Å². The molecule has 7 rings (SSSR count). The van der Waals surface area contributed by atoms with E-state index in [-0.39, 0.29) is 37.0 Å². The number of fused-ring (bicyclic) bond motifs is 5. The van der Waals surface area contributed by atoms with Crippen LogP contribution < -0.4 is 4.90 Å². The highest BCUT2D eigenvalue weighted by molar-refractivity contribution is 7.85. The normalized spacial score (nSPS) is 15.1. The van der Waals surface area contributed by atoms with Crippen molar-refractivity contribution in [3.05, 3.63) is 94.9 Å². The van der Waals surface area contributed by atoms with Gasteiger partial charge in [0.05, 0.1) is 29.8 Å². The number of aromatic hydroxyl groups is 1. The summed E-state index contributed by atoms with van der Waals surface area (Å²) in [6.07, 6.45) is 2.96. The fraction of sp³-hybridized carbons (Fsp3) is 0.188. The number of anilines is 1. The van der Waals surface area contributed by atoms with Gasteiger partial charge in [-0.3, -0.25) is 13.8 Å². The molecule has 1 aliphatic heterocycles. The van der Waals surface area contributed by atoms with Gasteiger partial charge in [-0.2, -0.15) is 8.42 Å². The van der Waals surface area contributed by atoms with Crippen LogP contribution in [0.25, 0.3) is 32.7 Å². The first-order valence-corrected chi connectivity index (χ1v) is 15.6. The van der Waals surface area contributed by atoms with E-state index in [9.17, 15) is 23.1 Å². The monoisotopic (exact) mass is 596 g/mol. The van der Waals surface area contributed by atoms with Crippen molar-refractivity contribution in [1.29, 1.82) is 0 Å². The molecule has 10 nitrogen and oxygen atoms in total. The molecule has 0 aliphatic carbocycles. The Morgan fingerprint density at radius 1 is 1.00 bits per heavy atom. The second kappa shape index (κ2) is 9.85. The van der Waals surface area contributed by atoms with Crippen LogP contribution in [0.15, 0.2) is 66.9 Å². The first-order chi connectivity index (χ1) is 20.6. The van der Waals surface area contributed by atoms with E-state index in [1.807, 2.05) is 55.5 Å². The van der Waals surface area contributed by atoms with E-state index < -0.39 is 16.0 Å². The minimum atomic E-state index is -3.71. The van der Waals surface area contributed by atoms with Crippen LogP contribution in [0.1, 0.15) is 43.6 Å². The molecule has 3 aromatic carbocycles. The Kier molecular flexibility index (Phi) is 6.19. The fourth-order valence-electron chi connectivity index (χ4n) is 6.12. The number of hydrogen-bond donors (Lipinski definition) is 4. The molecule has 218 valence electrons. The SMILES string of the molecule is Cc1c[nH]c2c(O)cc3c(c12)C(COS(C)(=O)=O)CN3C(=O)c1cc2cc(CC(=O)c3cc4ccccc4[nH]3)ccc2[nH]1. The molecular formula is C32H28N4O6S. The van der Waals surface area contributed by atoms with Crippen LogP contribution in [0.5, 0.6) is 5.75 Å². The molecule has 0 radical (unpaired) electrons. The van der Waals surface area contributed by atoms with Gasteiger partial charge in [-0.05, 0) is 53.9 Å². The van der Waals surface area contributed by atoms with E-state index in [0.717, 1.165) is 50.1 Å². The summed E-state index contributed by atoms with van der Waals surface area (Å²) in [5, 5.41) is 13.3. The number of carbonyl (C=O) groups excluding carboxylic acids is 2. The average molecular weight is 597 g/mol. The van der Waals surface area contributed by atoms with Gasteiger partial charge >= 0.3 is 0 Å². The largest absolute Gasteiger partial charge is 0.506 e. The van der Waals surface area contributed by atoms with Crippen molar-refractivity contribution in [2.75, 3.05) is 24.3 Å². The quantitative estimate of drug-likeness (QED) is 0.145. The summed E-state index contributed by atoms with van der Waals surface area (Å²) >= 11 is 0. The topological polar surface area (TPSA) is 148 Å². The lowest BCUT2D eigenvalue weighted by atomic mass is 9.96. The number of nitrogens with one attached hydrogen (secondary N) is 3. The Bertz CT molecular complexity index is 2170. The minimum Gasteiger partial charge on any atom is -0.506 e. The van der Waals surface area contributed by atoms with Crippen LogP contribution in [0.2, 0.25) is 0 Å². The molecule has 1 aliphatic rings. The van der Waals surface area contributed by atoms with E-state index in [1.54, 1.807) is 17.2 Å². The molecule has 4 heterocycles. The molecule has 43 heavy (non-hydrogen) atoms. The molecule has 0 fully saturated rings. The third-order valence-electron chi connectivity index (χ3n) is 8.09. The van der Waals surface area contributed by atoms with Gasteiger partial charge in [0.15, 0.2) is 5.78 Å². The molecule has 11 heteroatoms. The number of phenolic OH excluding ortho intramolecular Hbond substituents is 1. The summed E-state index contributed by atoms with van der Waals surface area (Å²) in [6, 6.07) is 18.5. The summed E-state index contributed by atoms with van der Waals surface area (Å²) < 4.78 is 28.8. The Hall–Kier alpha value is -4.87.